The molecule has 2 aromatic rings. The van der Waals surface area contributed by atoms with E-state index in [0.717, 1.165) is 42.3 Å². The van der Waals surface area contributed by atoms with Crippen molar-refractivity contribution in [1.82, 2.24) is 14.5 Å². The maximum absolute atomic E-state index is 6.25. The molecule has 96 valence electrons. The van der Waals surface area contributed by atoms with Crippen LogP contribution in [0, 0.1) is 6.92 Å². The summed E-state index contributed by atoms with van der Waals surface area (Å²) in [6, 6.07) is 4.29. The van der Waals surface area contributed by atoms with Gasteiger partial charge in [-0.3, -0.25) is 0 Å². The topological polar surface area (TPSA) is 39.9 Å². The number of aromatic nitrogens is 3. The van der Waals surface area contributed by atoms with Crippen molar-refractivity contribution < 1.29 is 4.74 Å². The lowest BCUT2D eigenvalue weighted by molar-refractivity contribution is 0.186. The molecule has 1 aliphatic heterocycles. The third kappa shape index (κ3) is 1.89. The molecule has 3 rings (SSSR count). The average molecular weight is 266 g/mol. The van der Waals surface area contributed by atoms with Crippen LogP contribution in [0.2, 0.25) is 0 Å². The Bertz CT molecular complexity index is 573. The lowest BCUT2D eigenvalue weighted by Crippen LogP contribution is -2.13. The number of nitrogens with zero attached hydrogens (tertiary/aromatic N) is 3. The normalized spacial score (nSPS) is 21.6. The molecule has 0 aromatic carbocycles. The maximum Gasteiger partial charge on any atom is 0.160 e. The molecular weight excluding hydrogens is 250 g/mol. The van der Waals surface area contributed by atoms with Crippen LogP contribution >= 0.6 is 11.6 Å². The fourth-order valence-corrected chi connectivity index (χ4v) is 2.61. The number of aryl methyl sites for hydroxylation is 1. The van der Waals surface area contributed by atoms with Crippen LogP contribution in [0.5, 0.6) is 0 Å². The van der Waals surface area contributed by atoms with Crippen LogP contribution in [-0.2, 0) is 4.74 Å². The van der Waals surface area contributed by atoms with Crippen molar-refractivity contribution in [3.63, 3.8) is 0 Å². The van der Waals surface area contributed by atoms with Crippen LogP contribution in [0.15, 0.2) is 12.1 Å². The zero-order valence-corrected chi connectivity index (χ0v) is 11.3. The van der Waals surface area contributed by atoms with Crippen LogP contribution in [0.4, 0.5) is 0 Å². The molecule has 0 bridgehead atoms. The molecule has 0 saturated carbocycles. The summed E-state index contributed by atoms with van der Waals surface area (Å²) >= 11 is 6.25. The van der Waals surface area contributed by atoms with Crippen molar-refractivity contribution in [2.75, 3.05) is 13.2 Å². The van der Waals surface area contributed by atoms with E-state index in [1.165, 1.54) is 0 Å². The van der Waals surface area contributed by atoms with Gasteiger partial charge >= 0.3 is 0 Å². The van der Waals surface area contributed by atoms with Gasteiger partial charge in [0.15, 0.2) is 5.65 Å². The second kappa shape index (κ2) is 4.52. The fraction of sp³-hybridized carbons (Fsp3) is 0.538. The molecule has 2 aromatic heterocycles. The summed E-state index contributed by atoms with van der Waals surface area (Å²) in [7, 11) is 0. The van der Waals surface area contributed by atoms with Crippen molar-refractivity contribution in [3.05, 3.63) is 23.7 Å². The summed E-state index contributed by atoms with van der Waals surface area (Å²) in [5.74, 6) is 0.889. The number of imidazole rings is 1. The highest BCUT2D eigenvalue weighted by atomic mass is 35.5. The van der Waals surface area contributed by atoms with Crippen LogP contribution in [0.1, 0.15) is 36.3 Å². The Balaban J connectivity index is 2.22. The molecule has 18 heavy (non-hydrogen) atoms. The second-order valence-electron chi connectivity index (χ2n) is 4.77. The first-order valence-corrected chi connectivity index (χ1v) is 6.68. The Morgan fingerprint density at radius 3 is 2.94 bits per heavy atom. The van der Waals surface area contributed by atoms with Gasteiger partial charge < -0.3 is 9.30 Å². The van der Waals surface area contributed by atoms with Crippen LogP contribution in [-0.4, -0.2) is 27.7 Å². The number of ether oxygens (including phenoxy) is 1. The van der Waals surface area contributed by atoms with Crippen LogP contribution < -0.4 is 0 Å². The lowest BCUT2D eigenvalue weighted by atomic mass is 10.2. The maximum atomic E-state index is 6.25. The van der Waals surface area contributed by atoms with E-state index in [2.05, 4.69) is 14.5 Å². The predicted octanol–water partition coefficient (Wildman–Crippen LogP) is 3.00. The lowest BCUT2D eigenvalue weighted by Gasteiger charge is -2.15. The molecule has 0 N–H and O–H groups in total. The summed E-state index contributed by atoms with van der Waals surface area (Å²) in [5, 5.41) is -0.125. The fourth-order valence-electron chi connectivity index (χ4n) is 2.45. The molecule has 2 atom stereocenters. The summed E-state index contributed by atoms with van der Waals surface area (Å²) in [4.78, 5) is 9.22. The van der Waals surface area contributed by atoms with E-state index in [4.69, 9.17) is 16.3 Å². The van der Waals surface area contributed by atoms with E-state index in [1.807, 2.05) is 26.0 Å². The Morgan fingerprint density at radius 1 is 1.44 bits per heavy atom. The molecule has 0 amide bonds. The highest BCUT2D eigenvalue weighted by Gasteiger charge is 2.25. The van der Waals surface area contributed by atoms with E-state index in [-0.39, 0.29) is 5.38 Å². The molecule has 4 nitrogen and oxygen atoms in total. The van der Waals surface area contributed by atoms with Crippen molar-refractivity contribution >= 4 is 22.8 Å². The van der Waals surface area contributed by atoms with Gasteiger partial charge in [-0.2, -0.15) is 0 Å². The highest BCUT2D eigenvalue weighted by Crippen LogP contribution is 2.30. The first-order chi connectivity index (χ1) is 8.66. The minimum Gasteiger partial charge on any atom is -0.379 e. The van der Waals surface area contributed by atoms with Gasteiger partial charge in [0.1, 0.15) is 11.3 Å². The van der Waals surface area contributed by atoms with Crippen molar-refractivity contribution in [2.45, 2.75) is 31.7 Å². The predicted molar refractivity (Wildman–Crippen MR) is 71.0 cm³/mol. The molecule has 1 saturated heterocycles. The van der Waals surface area contributed by atoms with Gasteiger partial charge in [-0.15, -0.1) is 11.6 Å². The molecule has 3 heterocycles. The molecule has 0 aliphatic carbocycles. The second-order valence-corrected chi connectivity index (χ2v) is 5.42. The van der Waals surface area contributed by atoms with E-state index in [9.17, 15) is 0 Å². The number of rotatable bonds is 2. The third-order valence-electron chi connectivity index (χ3n) is 3.33. The monoisotopic (exact) mass is 265 g/mol. The van der Waals surface area contributed by atoms with Crippen LogP contribution in [0.25, 0.3) is 11.2 Å². The Morgan fingerprint density at radius 2 is 2.28 bits per heavy atom. The van der Waals surface area contributed by atoms with Gasteiger partial charge in [-0.05, 0) is 32.4 Å². The molecule has 1 fully saturated rings. The highest BCUT2D eigenvalue weighted by molar-refractivity contribution is 6.20. The zero-order valence-electron chi connectivity index (χ0n) is 10.6. The number of hydrogen-bond acceptors (Lipinski definition) is 3. The van der Waals surface area contributed by atoms with Crippen molar-refractivity contribution in [3.8, 4) is 0 Å². The van der Waals surface area contributed by atoms with E-state index in [0.29, 0.717) is 6.04 Å². The average Bonchev–Trinajstić information content (AvgIpc) is 2.93. The Labute approximate surface area is 111 Å². The summed E-state index contributed by atoms with van der Waals surface area (Å²) < 4.78 is 7.64. The molecule has 5 heteroatoms. The van der Waals surface area contributed by atoms with E-state index < -0.39 is 0 Å². The number of hydrogen-bond donors (Lipinski definition) is 0. The van der Waals surface area contributed by atoms with Gasteiger partial charge in [-0.1, -0.05) is 0 Å². The number of fused-ring (bicyclic) bond motifs is 1. The molecule has 0 radical (unpaired) electrons. The number of halogens is 1. The van der Waals surface area contributed by atoms with Crippen LogP contribution in [0.3, 0.4) is 0 Å². The quantitative estimate of drug-likeness (QED) is 0.784. The standard InChI is InChI=1S/C13H16ClN3O/c1-8-3-4-11-13(15-8)17(10-5-6-18-7-10)12(16-11)9(2)14/h3-4,9-10H,5-7H2,1-2H3. The summed E-state index contributed by atoms with van der Waals surface area (Å²) in [5.41, 5.74) is 2.83. The number of alkyl halides is 1. The number of pyridine rings is 1. The first-order valence-electron chi connectivity index (χ1n) is 6.24. The van der Waals surface area contributed by atoms with Gasteiger partial charge in [-0.25, -0.2) is 9.97 Å². The van der Waals surface area contributed by atoms with Gasteiger partial charge in [0.25, 0.3) is 0 Å². The van der Waals surface area contributed by atoms with Crippen molar-refractivity contribution in [1.29, 1.82) is 0 Å². The van der Waals surface area contributed by atoms with Gasteiger partial charge in [0.05, 0.1) is 18.0 Å². The largest absolute Gasteiger partial charge is 0.379 e. The van der Waals surface area contributed by atoms with Crippen molar-refractivity contribution in [2.24, 2.45) is 0 Å². The minimum absolute atomic E-state index is 0.125. The smallest absolute Gasteiger partial charge is 0.160 e. The first kappa shape index (κ1) is 11.9. The Kier molecular flexibility index (Phi) is 2.99. The Hall–Kier alpha value is -1.13. The zero-order chi connectivity index (χ0) is 12.7. The molecular formula is C13H16ClN3O. The summed E-state index contributed by atoms with van der Waals surface area (Å²) in [6.07, 6.45) is 0.998. The van der Waals surface area contributed by atoms with E-state index >= 15 is 0 Å². The SMILES string of the molecule is Cc1ccc2nc(C(C)Cl)n(C3CCOC3)c2n1. The van der Waals surface area contributed by atoms with Gasteiger partial charge in [0, 0.05) is 12.3 Å². The molecule has 2 unspecified atom stereocenters. The molecule has 1 aliphatic rings. The van der Waals surface area contributed by atoms with E-state index in [1.54, 1.807) is 0 Å². The molecule has 0 spiro atoms. The minimum atomic E-state index is -0.125. The third-order valence-corrected chi connectivity index (χ3v) is 3.53. The summed E-state index contributed by atoms with van der Waals surface area (Å²) in [6.45, 7) is 5.46. The van der Waals surface area contributed by atoms with Gasteiger partial charge in [0.2, 0.25) is 0 Å².